The Labute approximate surface area is 175 Å². The Morgan fingerprint density at radius 3 is 2.73 bits per heavy atom. The summed E-state index contributed by atoms with van der Waals surface area (Å²) in [6.07, 6.45) is 1.66. The Morgan fingerprint density at radius 1 is 1.17 bits per heavy atom. The van der Waals surface area contributed by atoms with Crippen LogP contribution in [0.25, 0.3) is 0 Å². The van der Waals surface area contributed by atoms with Gasteiger partial charge < -0.3 is 20.6 Å². The van der Waals surface area contributed by atoms with Gasteiger partial charge in [0.2, 0.25) is 0 Å². The molecule has 0 saturated heterocycles. The number of anilines is 1. The molecule has 2 saturated carbocycles. The first-order valence-corrected chi connectivity index (χ1v) is 10.9. The molecule has 1 heterocycles. The van der Waals surface area contributed by atoms with E-state index in [9.17, 15) is 23.1 Å². The third-order valence-electron chi connectivity index (χ3n) is 7.06. The lowest BCUT2D eigenvalue weighted by atomic mass is 9.67. The molecule has 2 fully saturated rings. The van der Waals surface area contributed by atoms with E-state index in [0.29, 0.717) is 30.5 Å². The molecule has 0 radical (unpaired) electrons. The van der Waals surface area contributed by atoms with Crippen molar-refractivity contribution in [1.82, 2.24) is 10.6 Å². The molecule has 166 valence electrons. The number of carbonyl (C=O) groups is 1. The van der Waals surface area contributed by atoms with Crippen molar-refractivity contribution in [2.24, 2.45) is 11.8 Å². The van der Waals surface area contributed by atoms with E-state index in [4.69, 9.17) is 0 Å². The number of fused-ring (bicyclic) bond motifs is 2. The first kappa shape index (κ1) is 21.3. The first-order chi connectivity index (χ1) is 14.2. The third kappa shape index (κ3) is 4.53. The van der Waals surface area contributed by atoms with Gasteiger partial charge in [0, 0.05) is 25.3 Å². The van der Waals surface area contributed by atoms with Gasteiger partial charge in [-0.05, 0) is 61.6 Å². The van der Waals surface area contributed by atoms with Gasteiger partial charge in [-0.2, -0.15) is 13.2 Å². The number of aliphatic hydroxyl groups is 1. The van der Waals surface area contributed by atoms with E-state index in [1.54, 1.807) is 11.9 Å². The molecule has 4 rings (SSSR count). The molecule has 0 spiro atoms. The fourth-order valence-electron chi connectivity index (χ4n) is 5.61. The molecule has 3 N–H and O–H groups in total. The van der Waals surface area contributed by atoms with E-state index >= 15 is 0 Å². The molecular weight excluding hydrogens is 395 g/mol. The second-order valence-electron chi connectivity index (χ2n) is 9.17. The number of hydrogen-bond donors (Lipinski definition) is 3. The van der Waals surface area contributed by atoms with Crippen LogP contribution in [0.2, 0.25) is 0 Å². The number of carbonyl (C=O) groups excluding carboxylic acids is 1. The summed E-state index contributed by atoms with van der Waals surface area (Å²) in [5.41, 5.74) is 0.712. The van der Waals surface area contributed by atoms with Crippen molar-refractivity contribution in [3.05, 3.63) is 29.3 Å². The van der Waals surface area contributed by atoms with Crippen LogP contribution in [0.5, 0.6) is 0 Å². The third-order valence-corrected chi connectivity index (χ3v) is 7.06. The Kier molecular flexibility index (Phi) is 5.88. The zero-order valence-corrected chi connectivity index (χ0v) is 17.2. The van der Waals surface area contributed by atoms with Gasteiger partial charge in [0.1, 0.15) is 0 Å². The number of aliphatic hydroxyl groups excluding tert-OH is 1. The normalized spacial score (nSPS) is 31.5. The number of nitrogens with zero attached hydrogens (tertiary/aromatic N) is 1. The Balaban J connectivity index is 1.37. The topological polar surface area (TPSA) is 64.6 Å². The lowest BCUT2D eigenvalue weighted by Crippen LogP contribution is -2.55. The lowest BCUT2D eigenvalue weighted by molar-refractivity contribution is -0.137. The van der Waals surface area contributed by atoms with E-state index in [0.717, 1.165) is 43.7 Å². The molecule has 30 heavy (non-hydrogen) atoms. The average molecular weight is 425 g/mol. The molecule has 0 aromatic heterocycles. The first-order valence-electron chi connectivity index (χ1n) is 10.9. The van der Waals surface area contributed by atoms with Crippen molar-refractivity contribution in [1.29, 1.82) is 0 Å². The molecule has 5 unspecified atom stereocenters. The number of rotatable bonds is 2. The second kappa shape index (κ2) is 8.29. The molecule has 0 bridgehead atoms. The maximum atomic E-state index is 13.0. The molecule has 5 atom stereocenters. The average Bonchev–Trinajstić information content (AvgIpc) is 2.67. The van der Waals surface area contributed by atoms with Crippen LogP contribution >= 0.6 is 0 Å². The van der Waals surface area contributed by atoms with Gasteiger partial charge in [-0.1, -0.05) is 18.9 Å². The molecule has 1 aromatic carbocycles. The summed E-state index contributed by atoms with van der Waals surface area (Å²) < 4.78 is 39.0. The largest absolute Gasteiger partial charge is 0.416 e. The van der Waals surface area contributed by atoms with Crippen molar-refractivity contribution >= 4 is 11.7 Å². The number of urea groups is 1. The van der Waals surface area contributed by atoms with Gasteiger partial charge in [0.15, 0.2) is 0 Å². The number of hydrogen-bond acceptors (Lipinski definition) is 3. The van der Waals surface area contributed by atoms with Crippen molar-refractivity contribution < 1.29 is 23.1 Å². The van der Waals surface area contributed by atoms with E-state index in [1.807, 2.05) is 0 Å². The maximum Gasteiger partial charge on any atom is 0.416 e. The number of nitrogens with one attached hydrogen (secondary N) is 2. The predicted octanol–water partition coefficient (Wildman–Crippen LogP) is 3.70. The lowest BCUT2D eigenvalue weighted by Gasteiger charge is -2.43. The predicted molar refractivity (Wildman–Crippen MR) is 108 cm³/mol. The Hall–Kier alpha value is -1.96. The fourth-order valence-corrected chi connectivity index (χ4v) is 5.61. The van der Waals surface area contributed by atoms with E-state index in [1.165, 1.54) is 18.6 Å². The smallest absolute Gasteiger partial charge is 0.393 e. The molecule has 2 aliphatic carbocycles. The number of benzene rings is 1. The quantitative estimate of drug-likeness (QED) is 0.677. The summed E-state index contributed by atoms with van der Waals surface area (Å²) >= 11 is 0. The molecule has 2 amide bonds. The summed E-state index contributed by atoms with van der Waals surface area (Å²) in [5.74, 6) is 0.895. The van der Waals surface area contributed by atoms with Crippen LogP contribution in [0.1, 0.15) is 49.7 Å². The van der Waals surface area contributed by atoms with E-state index in [-0.39, 0.29) is 24.2 Å². The summed E-state index contributed by atoms with van der Waals surface area (Å²) in [6, 6.07) is 3.47. The zero-order valence-electron chi connectivity index (χ0n) is 17.2. The minimum absolute atomic E-state index is 0.0710. The van der Waals surface area contributed by atoms with Crippen molar-refractivity contribution in [2.75, 3.05) is 18.5 Å². The fraction of sp³-hybridized carbons (Fsp3) is 0.682. The van der Waals surface area contributed by atoms with Crippen molar-refractivity contribution in [2.45, 2.75) is 69.3 Å². The van der Waals surface area contributed by atoms with Gasteiger partial charge in [-0.15, -0.1) is 0 Å². The highest BCUT2D eigenvalue weighted by Crippen LogP contribution is 2.41. The molecule has 5 nitrogen and oxygen atoms in total. The van der Waals surface area contributed by atoms with Gasteiger partial charge in [-0.3, -0.25) is 0 Å². The maximum absolute atomic E-state index is 13.0. The summed E-state index contributed by atoms with van der Waals surface area (Å²) in [4.78, 5) is 14.5. The summed E-state index contributed by atoms with van der Waals surface area (Å²) in [5, 5.41) is 16.2. The minimum atomic E-state index is -4.37. The standard InChI is InChI=1S/C22H30F3N3O2/c1-28-12-16(9-14-5-7-15(10-20(14)28)22(23,24)25)26-21(30)27-19-4-2-3-13-6-8-17(29)11-18(13)19/h5,7,10,13,16-19,29H,2-4,6,8-9,11-12H2,1H3,(H2,26,27,30). The van der Waals surface area contributed by atoms with Crippen LogP contribution in [-0.4, -0.2) is 42.9 Å². The number of alkyl halides is 3. The van der Waals surface area contributed by atoms with E-state index < -0.39 is 11.7 Å². The molecule has 1 aromatic rings. The van der Waals surface area contributed by atoms with Crippen molar-refractivity contribution in [3.63, 3.8) is 0 Å². The SMILES string of the molecule is CN1CC(NC(=O)NC2CCCC3CCC(O)CC32)Cc2ccc(C(F)(F)F)cc21. The van der Waals surface area contributed by atoms with Crippen LogP contribution in [0.4, 0.5) is 23.7 Å². The molecule has 8 heteroatoms. The van der Waals surface area contributed by atoms with Crippen LogP contribution in [0.3, 0.4) is 0 Å². The number of likely N-dealkylation sites (N-methyl/N-ethyl adjacent to an activating group) is 1. The monoisotopic (exact) mass is 425 g/mol. The highest BCUT2D eigenvalue weighted by atomic mass is 19.4. The van der Waals surface area contributed by atoms with Gasteiger partial charge in [-0.25, -0.2) is 4.79 Å². The van der Waals surface area contributed by atoms with Gasteiger partial charge >= 0.3 is 12.2 Å². The highest BCUT2D eigenvalue weighted by molar-refractivity contribution is 5.75. The second-order valence-corrected chi connectivity index (χ2v) is 9.17. The zero-order chi connectivity index (χ0) is 21.5. The van der Waals surface area contributed by atoms with Crippen LogP contribution in [-0.2, 0) is 12.6 Å². The highest BCUT2D eigenvalue weighted by Gasteiger charge is 2.38. The minimum Gasteiger partial charge on any atom is -0.393 e. The van der Waals surface area contributed by atoms with Crippen LogP contribution in [0, 0.1) is 11.8 Å². The summed E-state index contributed by atoms with van der Waals surface area (Å²) in [7, 11) is 1.75. The van der Waals surface area contributed by atoms with Crippen LogP contribution < -0.4 is 15.5 Å². The Bertz CT molecular complexity index is 785. The van der Waals surface area contributed by atoms with Gasteiger partial charge in [0.05, 0.1) is 17.7 Å². The van der Waals surface area contributed by atoms with Crippen LogP contribution in [0.15, 0.2) is 18.2 Å². The van der Waals surface area contributed by atoms with Gasteiger partial charge in [0.25, 0.3) is 0 Å². The number of amides is 2. The Morgan fingerprint density at radius 2 is 1.97 bits per heavy atom. The number of halogens is 3. The van der Waals surface area contributed by atoms with Crippen molar-refractivity contribution in [3.8, 4) is 0 Å². The van der Waals surface area contributed by atoms with E-state index in [2.05, 4.69) is 10.6 Å². The molecule has 1 aliphatic heterocycles. The molecule has 3 aliphatic rings. The molecular formula is C22H30F3N3O2. The summed E-state index contributed by atoms with van der Waals surface area (Å²) in [6.45, 7) is 0.456.